The molecule has 4 aromatic heterocycles. The minimum atomic E-state index is -1.90. The van der Waals surface area contributed by atoms with Crippen LogP contribution in [0, 0.1) is 17.5 Å². The van der Waals surface area contributed by atoms with Crippen molar-refractivity contribution in [3.8, 4) is 28.3 Å². The van der Waals surface area contributed by atoms with E-state index in [1.807, 2.05) is 59.9 Å². The number of furan rings is 1. The van der Waals surface area contributed by atoms with E-state index in [4.69, 9.17) is 14.4 Å². The first kappa shape index (κ1) is 39.0. The third-order valence-electron chi connectivity index (χ3n) is 10.2. The van der Waals surface area contributed by atoms with Gasteiger partial charge < -0.3 is 8.98 Å². The van der Waals surface area contributed by atoms with E-state index in [0.717, 1.165) is 67.7 Å². The van der Waals surface area contributed by atoms with Gasteiger partial charge >= 0.3 is 132 Å². The van der Waals surface area contributed by atoms with Crippen LogP contribution in [0.2, 0.25) is 17.3 Å². The Hall–Kier alpha value is -4.85. The minimum absolute atomic E-state index is 0. The molecule has 1 radical (unpaired) electrons. The van der Waals surface area contributed by atoms with Crippen LogP contribution in [0.15, 0.2) is 144 Å². The number of fused-ring (bicyclic) bond motifs is 7. The first-order valence-corrected chi connectivity index (χ1v) is 27.4. The van der Waals surface area contributed by atoms with Gasteiger partial charge in [0.1, 0.15) is 5.58 Å². The fourth-order valence-corrected chi connectivity index (χ4v) is 12.1. The Balaban J connectivity index is 0.000000179. The van der Waals surface area contributed by atoms with Gasteiger partial charge in [0.15, 0.2) is 0 Å². The third-order valence-corrected chi connectivity index (χ3v) is 15.7. The fourth-order valence-electron chi connectivity index (χ4n) is 7.75. The van der Waals surface area contributed by atoms with Crippen LogP contribution in [-0.4, -0.2) is 27.8 Å². The normalized spacial score (nSPS) is 12.0. The Bertz CT molecular complexity index is 3040. The molecule has 4 nitrogen and oxygen atoms in total. The molecule has 0 atom stereocenters. The van der Waals surface area contributed by atoms with Crippen molar-refractivity contribution in [1.29, 1.82) is 0 Å². The molecular formula is C50H43GeIrN3OS-2. The summed E-state index contributed by atoms with van der Waals surface area (Å²) in [4.78, 5) is 9.81. The molecule has 7 heteroatoms. The van der Waals surface area contributed by atoms with E-state index in [-0.39, 0.29) is 20.1 Å². The number of hydrogen-bond donors (Lipinski definition) is 0. The van der Waals surface area contributed by atoms with E-state index < -0.39 is 13.3 Å². The zero-order chi connectivity index (χ0) is 38.6. The van der Waals surface area contributed by atoms with Gasteiger partial charge in [0.2, 0.25) is 0 Å². The molecule has 57 heavy (non-hydrogen) atoms. The van der Waals surface area contributed by atoms with E-state index >= 15 is 0 Å². The number of aromatic nitrogens is 3. The smallest absolute Gasteiger partial charge is 0.120 e. The summed E-state index contributed by atoms with van der Waals surface area (Å²) in [5, 5.41) is 4.72. The predicted octanol–water partition coefficient (Wildman–Crippen LogP) is 13.4. The number of imidazole rings is 1. The Kier molecular flexibility index (Phi) is 10.6. The van der Waals surface area contributed by atoms with E-state index in [2.05, 4.69) is 146 Å². The Morgan fingerprint density at radius 3 is 2.25 bits per heavy atom. The molecule has 0 aliphatic rings. The van der Waals surface area contributed by atoms with Gasteiger partial charge in [-0.15, -0.1) is 29.5 Å². The SMILES string of the molecule is CC(C)(C)Cc1cc(-c2[c-]cccc2)nc[c]1[Ge]([CH3])([CH3])[CH3].[Ir].[c-]1ccc2c(oc3ccccc32)c1-c1nc2ccccc2n1-c1ccc2sc3ccccc3c2c1. The van der Waals surface area contributed by atoms with Crippen molar-refractivity contribution >= 4 is 82.1 Å². The molecule has 0 fully saturated rings. The Morgan fingerprint density at radius 1 is 0.719 bits per heavy atom. The number of thiophene rings is 1. The topological polar surface area (TPSA) is 43.9 Å². The summed E-state index contributed by atoms with van der Waals surface area (Å²) in [7, 11) is 0. The van der Waals surface area contributed by atoms with Gasteiger partial charge in [-0.05, 0) is 42.5 Å². The van der Waals surface area contributed by atoms with Crippen molar-refractivity contribution in [1.82, 2.24) is 14.5 Å². The second-order valence-electron chi connectivity index (χ2n) is 16.7. The number of pyridine rings is 1. The Labute approximate surface area is 354 Å². The molecular weight excluding hydrogens is 955 g/mol. The largest absolute Gasteiger partial charge is 0.501 e. The van der Waals surface area contributed by atoms with Crippen molar-refractivity contribution in [3.63, 3.8) is 0 Å². The summed E-state index contributed by atoms with van der Waals surface area (Å²) >= 11 is -0.0663. The van der Waals surface area contributed by atoms with Crippen LogP contribution < -0.4 is 4.40 Å². The molecule has 4 heterocycles. The molecule has 10 aromatic rings. The fraction of sp³-hybridized carbons (Fsp3) is 0.160. The molecule has 0 aliphatic carbocycles. The van der Waals surface area contributed by atoms with Crippen LogP contribution in [-0.2, 0) is 26.5 Å². The predicted molar refractivity (Wildman–Crippen MR) is 240 cm³/mol. The maximum atomic E-state index is 6.36. The third kappa shape index (κ3) is 7.64. The molecule has 6 aromatic carbocycles. The van der Waals surface area contributed by atoms with E-state index in [1.54, 1.807) is 0 Å². The molecule has 10 rings (SSSR count). The second kappa shape index (κ2) is 15.5. The van der Waals surface area contributed by atoms with Gasteiger partial charge in [0.05, 0.1) is 22.4 Å². The molecule has 0 saturated carbocycles. The van der Waals surface area contributed by atoms with E-state index in [1.165, 1.54) is 30.1 Å². The van der Waals surface area contributed by atoms with Gasteiger partial charge in [-0.1, -0.05) is 59.5 Å². The molecule has 0 bridgehead atoms. The summed E-state index contributed by atoms with van der Waals surface area (Å²) in [5.41, 5.74) is 9.53. The van der Waals surface area contributed by atoms with Crippen LogP contribution >= 0.6 is 11.3 Å². The number of benzene rings is 6. The first-order chi connectivity index (χ1) is 27.0. The van der Waals surface area contributed by atoms with Gasteiger partial charge in [0, 0.05) is 51.4 Å². The standard InChI is InChI=1S/C31H17N2OS.C19H26GeN.Ir/c1-5-14-27-20(8-1)22-10-7-11-23(30(22)34-27)31-32-25-12-3-4-13-26(25)33(31)19-16-17-29-24(18-19)21-9-2-6-15-28(21)35-29;1-19(2,3)13-16-12-18(15-10-8-7-9-11-15)21-14-17(16)20(4,5)6;/h1-10,12-18H;7-10,12,14H,13H2,1-6H3;/q2*-1;. The molecule has 285 valence electrons. The van der Waals surface area contributed by atoms with Crippen molar-refractivity contribution < 1.29 is 24.5 Å². The van der Waals surface area contributed by atoms with Crippen LogP contribution in [0.5, 0.6) is 0 Å². The number of rotatable bonds is 5. The van der Waals surface area contributed by atoms with Crippen LogP contribution in [0.1, 0.15) is 26.3 Å². The zero-order valence-electron chi connectivity index (χ0n) is 33.0. The number of nitrogens with zero attached hydrogens (tertiary/aromatic N) is 3. The maximum absolute atomic E-state index is 6.36. The quantitative estimate of drug-likeness (QED) is 0.127. The average Bonchev–Trinajstić information content (AvgIpc) is 3.88. The molecule has 0 spiro atoms. The molecule has 0 unspecified atom stereocenters. The van der Waals surface area contributed by atoms with Crippen molar-refractivity contribution in [3.05, 3.63) is 157 Å². The molecule has 0 saturated heterocycles. The maximum Gasteiger partial charge on any atom is 0.120 e. The van der Waals surface area contributed by atoms with Crippen molar-refractivity contribution in [2.45, 2.75) is 44.5 Å². The number of hydrogen-bond acceptors (Lipinski definition) is 4. The first-order valence-electron chi connectivity index (χ1n) is 19.2. The number of para-hydroxylation sites is 3. The molecule has 0 aliphatic heterocycles. The van der Waals surface area contributed by atoms with Crippen molar-refractivity contribution in [2.24, 2.45) is 5.41 Å². The van der Waals surface area contributed by atoms with Gasteiger partial charge in [0.25, 0.3) is 0 Å². The summed E-state index contributed by atoms with van der Waals surface area (Å²) in [6.07, 6.45) is 3.24. The summed E-state index contributed by atoms with van der Waals surface area (Å²) in [6, 6.07) is 52.9. The second-order valence-corrected chi connectivity index (χ2v) is 28.4. The van der Waals surface area contributed by atoms with Gasteiger partial charge in [-0.25, -0.2) is 0 Å². The molecule has 0 N–H and O–H groups in total. The minimum Gasteiger partial charge on any atom is -0.501 e. The summed E-state index contributed by atoms with van der Waals surface area (Å²) < 4.78 is 12.7. The summed E-state index contributed by atoms with van der Waals surface area (Å²) in [6.45, 7) is 6.92. The van der Waals surface area contributed by atoms with Crippen molar-refractivity contribution in [2.75, 3.05) is 0 Å². The Morgan fingerprint density at radius 2 is 1.46 bits per heavy atom. The monoisotopic (exact) mass is 1000 g/mol. The van der Waals surface area contributed by atoms with Gasteiger partial charge in [-0.2, -0.15) is 0 Å². The zero-order valence-corrected chi connectivity index (χ0v) is 38.3. The van der Waals surface area contributed by atoms with Gasteiger partial charge in [-0.3, -0.25) is 4.98 Å². The summed E-state index contributed by atoms with van der Waals surface area (Å²) in [5.74, 6) is 8.15. The van der Waals surface area contributed by atoms with Crippen LogP contribution in [0.3, 0.4) is 0 Å². The average molecular weight is 999 g/mol. The van der Waals surface area contributed by atoms with Crippen LogP contribution in [0.4, 0.5) is 0 Å². The van der Waals surface area contributed by atoms with E-state index in [0.29, 0.717) is 5.41 Å². The van der Waals surface area contributed by atoms with E-state index in [9.17, 15) is 0 Å². The van der Waals surface area contributed by atoms with Crippen LogP contribution in [0.25, 0.3) is 81.5 Å². The molecule has 0 amide bonds.